The number of carbonyl (C=O) groups is 2. The number of benzene rings is 2. The maximum absolute atomic E-state index is 13.1. The highest BCUT2D eigenvalue weighted by molar-refractivity contribution is 5.88. The smallest absolute Gasteiger partial charge is 0.258 e. The molecule has 0 atom stereocenters. The van der Waals surface area contributed by atoms with Gasteiger partial charge in [0, 0.05) is 11.6 Å². The van der Waals surface area contributed by atoms with Gasteiger partial charge in [0.1, 0.15) is 23.9 Å². The van der Waals surface area contributed by atoms with E-state index in [9.17, 15) is 14.0 Å². The van der Waals surface area contributed by atoms with Crippen LogP contribution in [0.4, 0.5) is 4.39 Å². The third kappa shape index (κ3) is 4.25. The van der Waals surface area contributed by atoms with E-state index >= 15 is 0 Å². The third-order valence-corrected chi connectivity index (χ3v) is 5.76. The lowest BCUT2D eigenvalue weighted by Gasteiger charge is -2.69. The van der Waals surface area contributed by atoms with E-state index in [0.717, 1.165) is 5.56 Å². The Kier molecular flexibility index (Phi) is 5.37. The van der Waals surface area contributed by atoms with Gasteiger partial charge in [0.05, 0.1) is 12.0 Å². The maximum Gasteiger partial charge on any atom is 0.258 e. The minimum Gasteiger partial charge on any atom is -0.492 e. The number of halogens is 1. The zero-order valence-corrected chi connectivity index (χ0v) is 16.9. The number of amides is 2. The highest BCUT2D eigenvalue weighted by Gasteiger charge is 2.72. The topological polar surface area (TPSA) is 76.7 Å². The molecule has 0 saturated heterocycles. The first kappa shape index (κ1) is 20.2. The van der Waals surface area contributed by atoms with Crippen molar-refractivity contribution in [1.29, 1.82) is 0 Å². The van der Waals surface area contributed by atoms with Crippen molar-refractivity contribution in [1.82, 2.24) is 10.6 Å². The minimum atomic E-state index is -0.385. The van der Waals surface area contributed by atoms with Gasteiger partial charge in [0.2, 0.25) is 5.91 Å². The van der Waals surface area contributed by atoms with Crippen LogP contribution in [-0.2, 0) is 9.59 Å². The molecule has 2 amide bonds. The predicted molar refractivity (Wildman–Crippen MR) is 109 cm³/mol. The maximum atomic E-state index is 13.1. The monoisotopic (exact) mass is 412 g/mol. The van der Waals surface area contributed by atoms with E-state index in [4.69, 9.17) is 9.47 Å². The molecular formula is C23H25FN2O4. The highest BCUT2D eigenvalue weighted by Crippen LogP contribution is 2.67. The molecule has 2 aromatic carbocycles. The first-order chi connectivity index (χ1) is 14.4. The molecule has 7 heteroatoms. The summed E-state index contributed by atoms with van der Waals surface area (Å²) in [6.45, 7) is 2.56. The van der Waals surface area contributed by atoms with Crippen LogP contribution >= 0.6 is 0 Å². The van der Waals surface area contributed by atoms with Crippen molar-refractivity contribution in [2.24, 2.45) is 5.41 Å². The minimum absolute atomic E-state index is 0.0163. The molecule has 3 saturated carbocycles. The second kappa shape index (κ2) is 7.97. The first-order valence-electron chi connectivity index (χ1n) is 10.1. The lowest BCUT2D eigenvalue weighted by atomic mass is 9.39. The van der Waals surface area contributed by atoms with E-state index in [1.807, 2.05) is 31.2 Å². The fourth-order valence-electron chi connectivity index (χ4n) is 4.35. The average molecular weight is 412 g/mol. The number of hydrogen-bond donors (Lipinski definition) is 2. The first-order valence-corrected chi connectivity index (χ1v) is 10.1. The van der Waals surface area contributed by atoms with Gasteiger partial charge in [-0.3, -0.25) is 9.59 Å². The number of ether oxygens (including phenoxy) is 2. The van der Waals surface area contributed by atoms with E-state index in [2.05, 4.69) is 10.6 Å². The summed E-state index contributed by atoms with van der Waals surface area (Å²) < 4.78 is 24.0. The highest BCUT2D eigenvalue weighted by atomic mass is 19.1. The van der Waals surface area contributed by atoms with Gasteiger partial charge >= 0.3 is 0 Å². The van der Waals surface area contributed by atoms with Gasteiger partial charge in [-0.05, 0) is 50.5 Å². The van der Waals surface area contributed by atoms with E-state index < -0.39 is 0 Å². The number of carbonyl (C=O) groups excluding carboxylic acids is 2. The van der Waals surface area contributed by atoms with Crippen LogP contribution in [0.3, 0.4) is 0 Å². The Labute approximate surface area is 174 Å². The Bertz CT molecular complexity index is 925. The van der Waals surface area contributed by atoms with Gasteiger partial charge in [-0.2, -0.15) is 0 Å². The lowest BCUT2D eigenvalue weighted by molar-refractivity contribution is -0.184. The van der Waals surface area contributed by atoms with Crippen LogP contribution in [0, 0.1) is 18.2 Å². The van der Waals surface area contributed by atoms with E-state index in [1.54, 1.807) is 12.1 Å². The predicted octanol–water partition coefficient (Wildman–Crippen LogP) is 2.75. The van der Waals surface area contributed by atoms with Crippen molar-refractivity contribution in [3.63, 3.8) is 0 Å². The van der Waals surface area contributed by atoms with Crippen molar-refractivity contribution in [3.8, 4) is 11.5 Å². The zero-order valence-electron chi connectivity index (χ0n) is 16.9. The number of rotatable bonds is 9. The molecule has 2 N–H and O–H groups in total. The fraction of sp³-hybridized carbons (Fsp3) is 0.391. The SMILES string of the molecule is Cc1ccc(OCC(=O)NC23CC(C(=O)NCCOc4cccc(F)c4)(C2)C3)cc1. The summed E-state index contributed by atoms with van der Waals surface area (Å²) in [5.41, 5.74) is 0.470. The molecule has 2 bridgehead atoms. The van der Waals surface area contributed by atoms with Gasteiger partial charge in [-0.1, -0.05) is 23.8 Å². The Balaban J connectivity index is 1.14. The Morgan fingerprint density at radius 1 is 1.03 bits per heavy atom. The van der Waals surface area contributed by atoms with Gasteiger partial charge in [-0.15, -0.1) is 0 Å². The second-order valence-corrected chi connectivity index (χ2v) is 8.30. The molecule has 3 aliphatic rings. The number of hydrogen-bond acceptors (Lipinski definition) is 4. The van der Waals surface area contributed by atoms with Crippen molar-refractivity contribution in [2.45, 2.75) is 31.7 Å². The van der Waals surface area contributed by atoms with Crippen molar-refractivity contribution < 1.29 is 23.5 Å². The molecule has 3 fully saturated rings. The molecule has 0 aromatic heterocycles. The molecule has 5 rings (SSSR count). The van der Waals surface area contributed by atoms with Crippen LogP contribution in [0.15, 0.2) is 48.5 Å². The molecule has 0 radical (unpaired) electrons. The summed E-state index contributed by atoms with van der Waals surface area (Å²) in [4.78, 5) is 24.6. The molecular weight excluding hydrogens is 387 g/mol. The van der Waals surface area contributed by atoms with Crippen LogP contribution in [0.1, 0.15) is 24.8 Å². The van der Waals surface area contributed by atoms with E-state index in [-0.39, 0.29) is 41.8 Å². The molecule has 30 heavy (non-hydrogen) atoms. The van der Waals surface area contributed by atoms with Crippen molar-refractivity contribution in [2.75, 3.05) is 19.8 Å². The number of aryl methyl sites for hydroxylation is 1. The van der Waals surface area contributed by atoms with Crippen LogP contribution in [0.5, 0.6) is 11.5 Å². The Hall–Kier alpha value is -3.09. The molecule has 3 aliphatic carbocycles. The quantitative estimate of drug-likeness (QED) is 0.621. The largest absolute Gasteiger partial charge is 0.492 e. The van der Waals surface area contributed by atoms with Gasteiger partial charge in [0.25, 0.3) is 5.91 Å². The zero-order chi connectivity index (χ0) is 21.2. The molecule has 0 spiro atoms. The van der Waals surface area contributed by atoms with Gasteiger partial charge in [-0.25, -0.2) is 4.39 Å². The third-order valence-electron chi connectivity index (χ3n) is 5.76. The van der Waals surface area contributed by atoms with E-state index in [0.29, 0.717) is 37.3 Å². The molecule has 0 unspecified atom stereocenters. The number of nitrogens with one attached hydrogen (secondary N) is 2. The average Bonchev–Trinajstić information content (AvgIpc) is 2.66. The normalized spacial score (nSPS) is 23.5. The molecule has 0 aliphatic heterocycles. The molecule has 2 aromatic rings. The summed E-state index contributed by atoms with van der Waals surface area (Å²) in [6, 6.07) is 13.4. The summed E-state index contributed by atoms with van der Waals surface area (Å²) >= 11 is 0. The molecule has 6 nitrogen and oxygen atoms in total. The van der Waals surface area contributed by atoms with Crippen molar-refractivity contribution in [3.05, 3.63) is 59.9 Å². The molecule has 158 valence electrons. The second-order valence-electron chi connectivity index (χ2n) is 8.30. The van der Waals surface area contributed by atoms with Crippen LogP contribution in [-0.4, -0.2) is 37.1 Å². The summed E-state index contributed by atoms with van der Waals surface area (Å²) in [5, 5.41) is 5.88. The standard InChI is InChI=1S/C23H25FN2O4/c1-16-5-7-18(8-6-16)30-12-20(27)26-23-13-22(14-23,15-23)21(28)25-9-10-29-19-4-2-3-17(24)11-19/h2-8,11H,9-10,12-15H2,1H3,(H,25,28)(H,26,27). The van der Waals surface area contributed by atoms with Gasteiger partial charge < -0.3 is 20.1 Å². The lowest BCUT2D eigenvalue weighted by Crippen LogP contribution is -2.78. The molecule has 0 heterocycles. The summed E-state index contributed by atoms with van der Waals surface area (Å²) in [5.74, 6) is 0.543. The van der Waals surface area contributed by atoms with Gasteiger partial charge in [0.15, 0.2) is 6.61 Å². The van der Waals surface area contributed by atoms with Crippen LogP contribution in [0.2, 0.25) is 0 Å². The van der Waals surface area contributed by atoms with Crippen molar-refractivity contribution >= 4 is 11.8 Å². The fourth-order valence-corrected chi connectivity index (χ4v) is 4.35. The van der Waals surface area contributed by atoms with Crippen LogP contribution < -0.4 is 20.1 Å². The van der Waals surface area contributed by atoms with E-state index in [1.165, 1.54) is 12.1 Å². The summed E-state index contributed by atoms with van der Waals surface area (Å²) in [6.07, 6.45) is 1.94. The Morgan fingerprint density at radius 2 is 1.77 bits per heavy atom. The Morgan fingerprint density at radius 3 is 2.47 bits per heavy atom. The van der Waals surface area contributed by atoms with Crippen LogP contribution in [0.25, 0.3) is 0 Å². The summed E-state index contributed by atoms with van der Waals surface area (Å²) in [7, 11) is 0.